The minimum Gasteiger partial charge on any atom is -0.497 e. The molecule has 0 bridgehead atoms. The van der Waals surface area contributed by atoms with E-state index in [-0.39, 0.29) is 11.9 Å². The quantitative estimate of drug-likeness (QED) is 0.121. The van der Waals surface area contributed by atoms with Crippen molar-refractivity contribution in [3.8, 4) is 5.75 Å². The van der Waals surface area contributed by atoms with Gasteiger partial charge in [-0.2, -0.15) is 0 Å². The molecule has 0 N–H and O–H groups in total. The molecule has 1 saturated heterocycles. The van der Waals surface area contributed by atoms with Gasteiger partial charge in [0.2, 0.25) is 5.91 Å². The second-order valence-electron chi connectivity index (χ2n) is 13.9. The van der Waals surface area contributed by atoms with E-state index >= 15 is 0 Å². The van der Waals surface area contributed by atoms with Crippen molar-refractivity contribution in [2.75, 3.05) is 20.2 Å². The SMILES string of the molecule is CCCCC1CN(C(=O)CCCc2c(C)n(Cc3ccccc3)c3ccc(OC)cc23)C(=C=O)C(CCCC)(CCCC)N1CCCC. The van der Waals surface area contributed by atoms with Crippen LogP contribution < -0.4 is 4.74 Å². The van der Waals surface area contributed by atoms with Gasteiger partial charge in [-0.1, -0.05) is 103 Å². The Labute approximate surface area is 290 Å². The van der Waals surface area contributed by atoms with E-state index in [1.165, 1.54) is 27.7 Å². The predicted molar refractivity (Wildman–Crippen MR) is 199 cm³/mol. The van der Waals surface area contributed by atoms with Crippen molar-refractivity contribution in [2.24, 2.45) is 0 Å². The largest absolute Gasteiger partial charge is 0.497 e. The van der Waals surface area contributed by atoms with Crippen LogP contribution >= 0.6 is 0 Å². The number of piperazine rings is 1. The highest BCUT2D eigenvalue weighted by atomic mass is 16.5. The minimum atomic E-state index is -0.423. The summed E-state index contributed by atoms with van der Waals surface area (Å²) in [6, 6.07) is 17.1. The second kappa shape index (κ2) is 18.4. The normalized spacial score (nSPS) is 16.4. The number of methoxy groups -OCH3 is 1. The molecule has 0 saturated carbocycles. The van der Waals surface area contributed by atoms with Crippen molar-refractivity contribution in [2.45, 2.75) is 143 Å². The molecule has 6 heteroatoms. The lowest BCUT2D eigenvalue weighted by molar-refractivity contribution is -0.135. The number of aromatic nitrogens is 1. The lowest BCUT2D eigenvalue weighted by Gasteiger charge is -2.55. The van der Waals surface area contributed by atoms with Crippen LogP contribution in [0.3, 0.4) is 0 Å². The number of aryl methyl sites for hydroxylation is 1. The molecule has 6 nitrogen and oxygen atoms in total. The van der Waals surface area contributed by atoms with Gasteiger partial charge < -0.3 is 14.2 Å². The number of ether oxygens (including phenoxy) is 1. The summed E-state index contributed by atoms with van der Waals surface area (Å²) >= 11 is 0. The van der Waals surface area contributed by atoms with Crippen LogP contribution in [0.5, 0.6) is 5.75 Å². The van der Waals surface area contributed by atoms with Gasteiger partial charge in [-0.3, -0.25) is 9.69 Å². The molecule has 0 spiro atoms. The summed E-state index contributed by atoms with van der Waals surface area (Å²) in [6.07, 6.45) is 13.5. The fraction of sp³-hybridized carbons (Fsp3) is 0.595. The van der Waals surface area contributed by atoms with Crippen molar-refractivity contribution in [3.63, 3.8) is 0 Å². The first-order chi connectivity index (χ1) is 23.4. The molecule has 1 aromatic heterocycles. The van der Waals surface area contributed by atoms with E-state index in [1.54, 1.807) is 7.11 Å². The van der Waals surface area contributed by atoms with Gasteiger partial charge in [-0.15, -0.1) is 0 Å². The molecule has 1 aliphatic rings. The van der Waals surface area contributed by atoms with Crippen molar-refractivity contribution >= 4 is 22.8 Å². The van der Waals surface area contributed by atoms with E-state index in [1.807, 2.05) is 11.0 Å². The van der Waals surface area contributed by atoms with Crippen molar-refractivity contribution < 1.29 is 14.3 Å². The molecule has 4 rings (SSSR count). The highest BCUT2D eigenvalue weighted by molar-refractivity contribution is 5.87. The Balaban J connectivity index is 1.63. The van der Waals surface area contributed by atoms with Crippen LogP contribution in [0.2, 0.25) is 0 Å². The molecule has 1 atom stereocenters. The molecule has 0 radical (unpaired) electrons. The van der Waals surface area contributed by atoms with E-state index in [9.17, 15) is 9.59 Å². The molecule has 2 heterocycles. The van der Waals surface area contributed by atoms with Gasteiger partial charge in [0.05, 0.1) is 12.6 Å². The van der Waals surface area contributed by atoms with Crippen LogP contribution in [-0.4, -0.2) is 58.0 Å². The van der Waals surface area contributed by atoms with Gasteiger partial charge in [-0.25, -0.2) is 4.79 Å². The monoisotopic (exact) mass is 655 g/mol. The van der Waals surface area contributed by atoms with E-state index in [0.717, 1.165) is 102 Å². The number of rotatable bonds is 19. The van der Waals surface area contributed by atoms with E-state index in [4.69, 9.17) is 4.74 Å². The number of carbonyl (C=O) groups excluding carboxylic acids is 2. The Morgan fingerprint density at radius 3 is 2.23 bits per heavy atom. The topological polar surface area (TPSA) is 54.8 Å². The summed E-state index contributed by atoms with van der Waals surface area (Å²) in [5.41, 5.74) is 5.12. The molecule has 1 amide bonds. The molecule has 0 aliphatic carbocycles. The summed E-state index contributed by atoms with van der Waals surface area (Å²) in [5, 5.41) is 1.19. The van der Waals surface area contributed by atoms with Crippen molar-refractivity contribution in [3.05, 3.63) is 71.0 Å². The first-order valence-electron chi connectivity index (χ1n) is 18.9. The minimum absolute atomic E-state index is 0.0746. The lowest BCUT2D eigenvalue weighted by atomic mass is 9.77. The standard InChI is InChI=1S/C42H61N3O3/c1-7-11-21-35-31-44(40(32-46)42(26-12-8-2,27-13-9-3)45(35)28-14-10-4)41(47)23-18-22-37-33(5)43(30-34-19-16-15-17-20-34)39-25-24-36(48-6)29-38(37)39/h15-17,19-20,24-25,29,35H,7-14,18,21-23,26-28,30-31H2,1-6H3. The third-order valence-electron chi connectivity index (χ3n) is 10.7. The highest BCUT2D eigenvalue weighted by Crippen LogP contribution is 2.43. The van der Waals surface area contributed by atoms with Crippen molar-refractivity contribution in [1.82, 2.24) is 14.4 Å². The molecular formula is C42H61N3O3. The number of unbranched alkanes of at least 4 members (excludes halogenated alkanes) is 4. The smallest absolute Gasteiger partial charge is 0.227 e. The Bertz CT molecular complexity index is 1500. The fourth-order valence-electron chi connectivity index (χ4n) is 8.01. The molecule has 1 fully saturated rings. The van der Waals surface area contributed by atoms with Crippen LogP contribution in [0.1, 0.15) is 128 Å². The number of amides is 1. The Morgan fingerprint density at radius 2 is 1.60 bits per heavy atom. The molecular weight excluding hydrogens is 594 g/mol. The molecule has 2 aromatic carbocycles. The third kappa shape index (κ3) is 8.44. The van der Waals surface area contributed by atoms with Gasteiger partial charge in [0.25, 0.3) is 0 Å². The molecule has 262 valence electrons. The number of benzene rings is 2. The van der Waals surface area contributed by atoms with E-state index < -0.39 is 5.54 Å². The first-order valence-corrected chi connectivity index (χ1v) is 18.9. The summed E-state index contributed by atoms with van der Waals surface area (Å²) in [7, 11) is 1.71. The van der Waals surface area contributed by atoms with E-state index in [0.29, 0.717) is 18.7 Å². The average Bonchev–Trinajstić information content (AvgIpc) is 3.37. The zero-order chi connectivity index (χ0) is 34.5. The maximum Gasteiger partial charge on any atom is 0.227 e. The zero-order valence-electron chi connectivity index (χ0n) is 30.8. The van der Waals surface area contributed by atoms with Gasteiger partial charge in [0.1, 0.15) is 17.4 Å². The van der Waals surface area contributed by atoms with Gasteiger partial charge in [0, 0.05) is 42.1 Å². The Kier molecular flexibility index (Phi) is 14.4. The number of nitrogens with zero attached hydrogens (tertiary/aromatic N) is 3. The van der Waals surface area contributed by atoms with E-state index in [2.05, 4.69) is 92.5 Å². The number of fused-ring (bicyclic) bond motifs is 1. The van der Waals surface area contributed by atoms with Crippen LogP contribution in [0, 0.1) is 6.92 Å². The fourth-order valence-corrected chi connectivity index (χ4v) is 8.01. The Morgan fingerprint density at radius 1 is 0.917 bits per heavy atom. The summed E-state index contributed by atoms with van der Waals surface area (Å²) in [4.78, 5) is 31.9. The maximum atomic E-state index is 14.3. The number of carbonyl (C=O) groups is 1. The molecule has 3 aromatic rings. The van der Waals surface area contributed by atoms with Gasteiger partial charge >= 0.3 is 0 Å². The summed E-state index contributed by atoms with van der Waals surface area (Å²) in [5.74, 6) is 3.33. The van der Waals surface area contributed by atoms with Crippen LogP contribution in [0.4, 0.5) is 0 Å². The third-order valence-corrected chi connectivity index (χ3v) is 10.7. The van der Waals surface area contributed by atoms with Gasteiger partial charge in [-0.05, 0) is 81.3 Å². The molecule has 1 unspecified atom stereocenters. The maximum absolute atomic E-state index is 14.3. The zero-order valence-corrected chi connectivity index (χ0v) is 30.8. The lowest BCUT2D eigenvalue weighted by Crippen LogP contribution is -2.66. The second-order valence-corrected chi connectivity index (χ2v) is 13.9. The summed E-state index contributed by atoms with van der Waals surface area (Å²) in [6.45, 7) is 13.5. The predicted octanol–water partition coefficient (Wildman–Crippen LogP) is 9.67. The van der Waals surface area contributed by atoms with Crippen LogP contribution in [-0.2, 0) is 22.6 Å². The first kappa shape index (κ1) is 37.5. The average molecular weight is 656 g/mol. The highest BCUT2D eigenvalue weighted by Gasteiger charge is 2.50. The van der Waals surface area contributed by atoms with Gasteiger partial charge in [0.15, 0.2) is 0 Å². The van der Waals surface area contributed by atoms with Crippen LogP contribution in [0.25, 0.3) is 10.9 Å². The molecule has 1 aliphatic heterocycles. The van der Waals surface area contributed by atoms with Crippen LogP contribution in [0.15, 0.2) is 54.2 Å². The van der Waals surface area contributed by atoms with Crippen molar-refractivity contribution in [1.29, 1.82) is 0 Å². The Hall–Kier alpha value is -3.34. The number of hydrogen-bond acceptors (Lipinski definition) is 4. The number of hydrogen-bond donors (Lipinski definition) is 0. The molecule has 48 heavy (non-hydrogen) atoms. The summed E-state index contributed by atoms with van der Waals surface area (Å²) < 4.78 is 8.01.